The van der Waals surface area contributed by atoms with E-state index in [9.17, 15) is 4.21 Å². The predicted octanol–water partition coefficient (Wildman–Crippen LogP) is 4.11. The monoisotopic (exact) mass is 357 g/mol. The van der Waals surface area contributed by atoms with E-state index in [0.29, 0.717) is 6.04 Å². The lowest BCUT2D eigenvalue weighted by molar-refractivity contribution is 0.174. The molecule has 112 valence electrons. The zero-order valence-corrected chi connectivity index (χ0v) is 14.9. The third-order valence-corrected chi connectivity index (χ3v) is 6.59. The van der Waals surface area contributed by atoms with Crippen molar-refractivity contribution >= 4 is 26.7 Å². The molecule has 1 aromatic carbocycles. The molecule has 0 spiro atoms. The molecule has 0 radical (unpaired) electrons. The number of benzene rings is 1. The van der Waals surface area contributed by atoms with Crippen LogP contribution in [0, 0.1) is 5.41 Å². The van der Waals surface area contributed by atoms with E-state index in [4.69, 9.17) is 0 Å². The topological polar surface area (TPSA) is 29.1 Å². The number of nitrogens with one attached hydrogen (secondary N) is 1. The Hall–Kier alpha value is -0.190. The van der Waals surface area contributed by atoms with Crippen LogP contribution in [0.2, 0.25) is 0 Å². The Kier molecular flexibility index (Phi) is 5.43. The first-order valence-electron chi connectivity index (χ1n) is 7.35. The fraction of sp³-hybridized carbons (Fsp3) is 0.625. The molecule has 2 nitrogen and oxygen atoms in total. The van der Waals surface area contributed by atoms with E-state index < -0.39 is 10.8 Å². The third-order valence-electron chi connectivity index (χ3n) is 4.27. The van der Waals surface area contributed by atoms with Crippen molar-refractivity contribution < 1.29 is 4.21 Å². The van der Waals surface area contributed by atoms with Crippen LogP contribution in [0.25, 0.3) is 0 Å². The summed E-state index contributed by atoms with van der Waals surface area (Å²) in [5.74, 6) is 0. The summed E-state index contributed by atoms with van der Waals surface area (Å²) in [4.78, 5) is 0.943. The third kappa shape index (κ3) is 3.52. The maximum Gasteiger partial charge on any atom is 0.0576 e. The number of hydrogen-bond acceptors (Lipinski definition) is 2. The first-order valence-corrected chi connectivity index (χ1v) is 9.36. The van der Waals surface area contributed by atoms with Crippen molar-refractivity contribution in [2.75, 3.05) is 6.54 Å². The second-order valence-electron chi connectivity index (χ2n) is 6.21. The predicted molar refractivity (Wildman–Crippen MR) is 89.4 cm³/mol. The average molecular weight is 358 g/mol. The Balaban J connectivity index is 2.24. The summed E-state index contributed by atoms with van der Waals surface area (Å²) in [5.41, 5.74) is 0.212. The van der Waals surface area contributed by atoms with Crippen LogP contribution in [0.3, 0.4) is 0 Å². The minimum absolute atomic E-state index is 0.208. The molecule has 0 bridgehead atoms. The van der Waals surface area contributed by atoms with E-state index in [0.717, 1.165) is 22.3 Å². The van der Waals surface area contributed by atoms with Crippen molar-refractivity contribution in [1.82, 2.24) is 5.32 Å². The van der Waals surface area contributed by atoms with Gasteiger partial charge in [-0.15, -0.1) is 0 Å². The van der Waals surface area contributed by atoms with Crippen LogP contribution in [0.15, 0.2) is 33.6 Å². The molecule has 1 saturated carbocycles. The van der Waals surface area contributed by atoms with Gasteiger partial charge in [0.25, 0.3) is 0 Å². The molecule has 0 heterocycles. The second-order valence-corrected chi connectivity index (χ2v) is 8.79. The van der Waals surface area contributed by atoms with Crippen molar-refractivity contribution in [3.63, 3.8) is 0 Å². The Labute approximate surface area is 133 Å². The van der Waals surface area contributed by atoms with E-state index in [1.807, 2.05) is 24.3 Å². The number of halogens is 1. The fourth-order valence-electron chi connectivity index (χ4n) is 3.19. The maximum atomic E-state index is 12.9. The molecule has 0 aliphatic heterocycles. The SMILES string of the molecule is CCNC1C(S(=O)c2ccc(Br)cc2)CCCC1(C)C. The highest BCUT2D eigenvalue weighted by molar-refractivity contribution is 9.10. The summed E-state index contributed by atoms with van der Waals surface area (Å²) in [6.07, 6.45) is 3.42. The molecule has 0 amide bonds. The Bertz CT molecular complexity index is 472. The molecule has 20 heavy (non-hydrogen) atoms. The first-order chi connectivity index (χ1) is 9.45. The molecular formula is C16H24BrNOS. The van der Waals surface area contributed by atoms with Crippen LogP contribution in [0.5, 0.6) is 0 Å². The lowest BCUT2D eigenvalue weighted by Crippen LogP contribution is -2.53. The van der Waals surface area contributed by atoms with Gasteiger partial charge in [-0.1, -0.05) is 43.1 Å². The fourth-order valence-corrected chi connectivity index (χ4v) is 5.30. The molecule has 1 N–H and O–H groups in total. The van der Waals surface area contributed by atoms with E-state index in [1.165, 1.54) is 12.8 Å². The summed E-state index contributed by atoms with van der Waals surface area (Å²) in [6, 6.07) is 8.23. The Morgan fingerprint density at radius 1 is 1.35 bits per heavy atom. The summed E-state index contributed by atoms with van der Waals surface area (Å²) in [6.45, 7) is 7.66. The maximum absolute atomic E-state index is 12.9. The van der Waals surface area contributed by atoms with Crippen LogP contribution in [0.1, 0.15) is 40.0 Å². The van der Waals surface area contributed by atoms with Crippen LogP contribution in [-0.4, -0.2) is 22.0 Å². The zero-order valence-electron chi connectivity index (χ0n) is 12.5. The second kappa shape index (κ2) is 6.71. The number of hydrogen-bond donors (Lipinski definition) is 1. The molecule has 1 aromatic rings. The summed E-state index contributed by atoms with van der Waals surface area (Å²) < 4.78 is 14.0. The molecule has 4 heteroatoms. The van der Waals surface area contributed by atoms with Crippen molar-refractivity contribution in [3.8, 4) is 0 Å². The normalized spacial score (nSPS) is 27.2. The lowest BCUT2D eigenvalue weighted by Gasteiger charge is -2.44. The van der Waals surface area contributed by atoms with E-state index in [-0.39, 0.29) is 10.7 Å². The highest BCUT2D eigenvalue weighted by Crippen LogP contribution is 2.39. The van der Waals surface area contributed by atoms with E-state index in [1.54, 1.807) is 0 Å². The van der Waals surface area contributed by atoms with Gasteiger partial charge in [0.1, 0.15) is 0 Å². The standard InChI is InChI=1S/C16H24BrNOS/c1-4-18-15-14(6-5-11-16(15,2)3)20(19)13-9-7-12(17)8-10-13/h7-10,14-15,18H,4-6,11H2,1-3H3. The first kappa shape index (κ1) is 16.2. The van der Waals surface area contributed by atoms with Gasteiger partial charge in [0.05, 0.1) is 16.0 Å². The van der Waals surface area contributed by atoms with Crippen molar-refractivity contribution in [2.24, 2.45) is 5.41 Å². The minimum atomic E-state index is -0.940. The Morgan fingerprint density at radius 2 is 2.00 bits per heavy atom. The van der Waals surface area contributed by atoms with Crippen molar-refractivity contribution in [1.29, 1.82) is 0 Å². The molecule has 1 fully saturated rings. The number of rotatable bonds is 4. The van der Waals surface area contributed by atoms with Gasteiger partial charge in [0.2, 0.25) is 0 Å². The molecule has 1 aliphatic carbocycles. The van der Waals surface area contributed by atoms with Gasteiger partial charge >= 0.3 is 0 Å². The highest BCUT2D eigenvalue weighted by atomic mass is 79.9. The lowest BCUT2D eigenvalue weighted by atomic mass is 9.73. The van der Waals surface area contributed by atoms with Crippen LogP contribution >= 0.6 is 15.9 Å². The molecular weight excluding hydrogens is 334 g/mol. The van der Waals surface area contributed by atoms with E-state index in [2.05, 4.69) is 42.0 Å². The zero-order chi connectivity index (χ0) is 14.8. The quantitative estimate of drug-likeness (QED) is 0.878. The molecule has 0 saturated heterocycles. The van der Waals surface area contributed by atoms with Crippen LogP contribution in [-0.2, 0) is 10.8 Å². The summed E-state index contributed by atoms with van der Waals surface area (Å²) in [5, 5.41) is 3.79. The smallest absolute Gasteiger partial charge is 0.0576 e. The van der Waals surface area contributed by atoms with Gasteiger partial charge in [-0.05, 0) is 49.1 Å². The summed E-state index contributed by atoms with van der Waals surface area (Å²) >= 11 is 3.43. The van der Waals surface area contributed by atoms with Gasteiger partial charge in [-0.25, -0.2) is 0 Å². The van der Waals surface area contributed by atoms with Gasteiger partial charge in [0, 0.05) is 15.4 Å². The molecule has 3 unspecified atom stereocenters. The summed E-state index contributed by atoms with van der Waals surface area (Å²) in [7, 11) is -0.940. The van der Waals surface area contributed by atoms with Crippen LogP contribution < -0.4 is 5.32 Å². The highest BCUT2D eigenvalue weighted by Gasteiger charge is 2.41. The van der Waals surface area contributed by atoms with Crippen molar-refractivity contribution in [2.45, 2.75) is 56.2 Å². The van der Waals surface area contributed by atoms with Gasteiger partial charge < -0.3 is 5.32 Å². The van der Waals surface area contributed by atoms with Crippen molar-refractivity contribution in [3.05, 3.63) is 28.7 Å². The minimum Gasteiger partial charge on any atom is -0.313 e. The molecule has 0 aromatic heterocycles. The van der Waals surface area contributed by atoms with Crippen LogP contribution in [0.4, 0.5) is 0 Å². The van der Waals surface area contributed by atoms with Gasteiger partial charge in [0.15, 0.2) is 0 Å². The average Bonchev–Trinajstić information content (AvgIpc) is 2.41. The molecule has 1 aliphatic rings. The van der Waals surface area contributed by atoms with E-state index >= 15 is 0 Å². The Morgan fingerprint density at radius 3 is 2.60 bits per heavy atom. The van der Waals surface area contributed by atoms with Gasteiger partial charge in [-0.3, -0.25) is 4.21 Å². The van der Waals surface area contributed by atoms with Gasteiger partial charge in [-0.2, -0.15) is 0 Å². The molecule has 2 rings (SSSR count). The molecule has 3 atom stereocenters. The largest absolute Gasteiger partial charge is 0.313 e.